The highest BCUT2D eigenvalue weighted by Crippen LogP contribution is 2.29. The molecule has 0 saturated heterocycles. The maximum Gasteiger partial charge on any atom is 0.307 e. The summed E-state index contributed by atoms with van der Waals surface area (Å²) in [6, 6.07) is 17.0. The Kier molecular flexibility index (Phi) is 10.4. The molecule has 45 heavy (non-hydrogen) atoms. The van der Waals surface area contributed by atoms with E-state index in [1.165, 1.54) is 46.7 Å². The molecule has 0 radical (unpaired) electrons. The summed E-state index contributed by atoms with van der Waals surface area (Å²) in [5.74, 6) is 0.773. The highest BCUT2D eigenvalue weighted by Gasteiger charge is 2.22. The maximum atomic E-state index is 13.6. The van der Waals surface area contributed by atoms with E-state index in [4.69, 9.17) is 18.9 Å². The first-order valence-corrected chi connectivity index (χ1v) is 15.2. The second kappa shape index (κ2) is 14.2. The summed E-state index contributed by atoms with van der Waals surface area (Å²) in [6.45, 7) is 0.231. The summed E-state index contributed by atoms with van der Waals surface area (Å²) in [5, 5.41) is 6.11. The molecule has 0 unspecified atom stereocenters. The molecule has 1 aromatic heterocycles. The Morgan fingerprint density at radius 3 is 2.11 bits per heavy atom. The van der Waals surface area contributed by atoms with E-state index in [2.05, 4.69) is 10.6 Å². The molecular weight excluding hydrogens is 600 g/mol. The van der Waals surface area contributed by atoms with E-state index in [1.54, 1.807) is 56.7 Å². The lowest BCUT2D eigenvalue weighted by Gasteiger charge is -2.13. The zero-order valence-corrected chi connectivity index (χ0v) is 26.7. The summed E-state index contributed by atoms with van der Waals surface area (Å²) in [6.07, 6.45) is 3.33. The number of rotatable bonds is 13. The molecule has 3 aromatic carbocycles. The molecule has 0 atom stereocenters. The number of methoxy groups -OCH3 is 4. The van der Waals surface area contributed by atoms with Gasteiger partial charge in [-0.15, -0.1) is 0 Å². The number of carbonyl (C=O) groups is 2. The number of carbonyl (C=O) groups excluding carboxylic acids is 2. The topological polar surface area (TPSA) is 137 Å². The molecule has 0 spiro atoms. The number of amides is 2. The van der Waals surface area contributed by atoms with Crippen molar-refractivity contribution in [2.45, 2.75) is 6.42 Å². The molecule has 2 amide bonds. The van der Waals surface area contributed by atoms with Gasteiger partial charge in [0.1, 0.15) is 5.70 Å². The molecule has 0 aliphatic rings. The molecular formula is C32H36N4O8S. The van der Waals surface area contributed by atoms with Crippen LogP contribution in [0, 0.1) is 0 Å². The first kappa shape index (κ1) is 32.9. The van der Waals surface area contributed by atoms with Crippen molar-refractivity contribution in [1.82, 2.24) is 18.9 Å². The summed E-state index contributed by atoms with van der Waals surface area (Å²) in [4.78, 5) is 27.0. The van der Waals surface area contributed by atoms with Gasteiger partial charge in [-0.2, -0.15) is 12.7 Å². The first-order valence-electron chi connectivity index (χ1n) is 13.8. The summed E-state index contributed by atoms with van der Waals surface area (Å²) < 4.78 is 49.7. The van der Waals surface area contributed by atoms with Crippen LogP contribution in [0.4, 0.5) is 0 Å². The normalized spacial score (nSPS) is 11.8. The molecule has 4 aromatic rings. The lowest BCUT2D eigenvalue weighted by molar-refractivity contribution is -0.117. The van der Waals surface area contributed by atoms with Crippen LogP contribution >= 0.6 is 0 Å². The van der Waals surface area contributed by atoms with Crippen LogP contribution in [0.5, 0.6) is 23.0 Å². The Hall–Kier alpha value is -5.01. The summed E-state index contributed by atoms with van der Waals surface area (Å²) in [5.41, 5.74) is 1.84. The van der Waals surface area contributed by atoms with Gasteiger partial charge in [-0.1, -0.05) is 24.3 Å². The number of benzene rings is 3. The van der Waals surface area contributed by atoms with E-state index in [0.717, 1.165) is 13.8 Å². The molecule has 1 heterocycles. The first-order chi connectivity index (χ1) is 21.5. The van der Waals surface area contributed by atoms with Gasteiger partial charge in [0.15, 0.2) is 23.0 Å². The molecule has 0 aliphatic heterocycles. The van der Waals surface area contributed by atoms with Crippen molar-refractivity contribution in [2.24, 2.45) is 0 Å². The van der Waals surface area contributed by atoms with E-state index in [-0.39, 0.29) is 17.8 Å². The van der Waals surface area contributed by atoms with Crippen molar-refractivity contribution < 1.29 is 37.0 Å². The fourth-order valence-corrected chi connectivity index (χ4v) is 5.60. The zero-order chi connectivity index (χ0) is 32.7. The van der Waals surface area contributed by atoms with Gasteiger partial charge in [-0.3, -0.25) is 9.59 Å². The standard InChI is InChI=1S/C32H36N4O8S/c1-35(2)45(39,40)36-20-23(24-9-7-8-10-26(24)36)18-25(34-31(37)22-12-14-28(42-4)30(19-22)44-6)32(38)33-16-15-21-11-13-27(41-3)29(17-21)43-5/h7-14,17-20H,15-16H2,1-6H3,(H,33,38)(H,34,37)/b25-18-. The van der Waals surface area contributed by atoms with E-state index in [9.17, 15) is 18.0 Å². The van der Waals surface area contributed by atoms with Gasteiger partial charge in [-0.25, -0.2) is 3.97 Å². The number of hydrogen-bond donors (Lipinski definition) is 2. The van der Waals surface area contributed by atoms with Crippen molar-refractivity contribution in [3.8, 4) is 23.0 Å². The van der Waals surface area contributed by atoms with Crippen molar-refractivity contribution in [1.29, 1.82) is 0 Å². The molecule has 0 fully saturated rings. The SMILES string of the molecule is COc1ccc(CCNC(=O)/C(=C/c2cn(S(=O)(=O)N(C)C)c3ccccc23)NC(=O)c2ccc(OC)c(OC)c2)cc1OC. The van der Waals surface area contributed by atoms with Gasteiger partial charge in [0.2, 0.25) is 0 Å². The minimum absolute atomic E-state index is 0.0905. The number of fused-ring (bicyclic) bond motifs is 1. The highest BCUT2D eigenvalue weighted by molar-refractivity contribution is 7.87. The quantitative estimate of drug-likeness (QED) is 0.213. The van der Waals surface area contributed by atoms with Crippen LogP contribution in [0.3, 0.4) is 0 Å². The number of hydrogen-bond acceptors (Lipinski definition) is 8. The van der Waals surface area contributed by atoms with Crippen LogP contribution in [0.15, 0.2) is 72.6 Å². The van der Waals surface area contributed by atoms with Gasteiger partial charge in [0, 0.05) is 43.4 Å². The Balaban J connectivity index is 1.69. The monoisotopic (exact) mass is 636 g/mol. The number of para-hydroxylation sites is 1. The van der Waals surface area contributed by atoms with E-state index in [1.807, 2.05) is 12.1 Å². The molecule has 0 aliphatic carbocycles. The molecule has 2 N–H and O–H groups in total. The van der Waals surface area contributed by atoms with Crippen LogP contribution in [0.25, 0.3) is 17.0 Å². The van der Waals surface area contributed by atoms with Gasteiger partial charge < -0.3 is 29.6 Å². The second-order valence-electron chi connectivity index (χ2n) is 9.96. The smallest absolute Gasteiger partial charge is 0.307 e. The lowest BCUT2D eigenvalue weighted by Crippen LogP contribution is -2.35. The molecule has 13 heteroatoms. The average molecular weight is 637 g/mol. The van der Waals surface area contributed by atoms with E-state index < -0.39 is 22.0 Å². The van der Waals surface area contributed by atoms with Gasteiger partial charge in [-0.05, 0) is 54.5 Å². The third-order valence-electron chi connectivity index (χ3n) is 7.00. The van der Waals surface area contributed by atoms with Gasteiger partial charge in [0.25, 0.3) is 11.8 Å². The molecule has 4 rings (SSSR count). The van der Waals surface area contributed by atoms with Crippen LogP contribution in [-0.4, -0.2) is 77.6 Å². The largest absolute Gasteiger partial charge is 0.493 e. The minimum Gasteiger partial charge on any atom is -0.493 e. The average Bonchev–Trinajstić information content (AvgIpc) is 3.42. The Morgan fingerprint density at radius 2 is 1.47 bits per heavy atom. The third-order valence-corrected chi connectivity index (χ3v) is 8.73. The van der Waals surface area contributed by atoms with Crippen molar-refractivity contribution >= 4 is 39.0 Å². The maximum absolute atomic E-state index is 13.6. The molecule has 12 nitrogen and oxygen atoms in total. The Labute approximate surface area is 262 Å². The van der Waals surface area contributed by atoms with Crippen molar-refractivity contribution in [3.05, 3.63) is 89.2 Å². The zero-order valence-electron chi connectivity index (χ0n) is 25.9. The highest BCUT2D eigenvalue weighted by atomic mass is 32.2. The lowest BCUT2D eigenvalue weighted by atomic mass is 10.1. The van der Waals surface area contributed by atoms with E-state index in [0.29, 0.717) is 45.9 Å². The van der Waals surface area contributed by atoms with Crippen LogP contribution in [-0.2, 0) is 21.4 Å². The Morgan fingerprint density at radius 1 is 0.844 bits per heavy atom. The van der Waals surface area contributed by atoms with Gasteiger partial charge in [0.05, 0.1) is 34.0 Å². The second-order valence-corrected chi connectivity index (χ2v) is 12.0. The van der Waals surface area contributed by atoms with Crippen LogP contribution in [0.2, 0.25) is 0 Å². The minimum atomic E-state index is -3.89. The Bertz CT molecular complexity index is 1850. The summed E-state index contributed by atoms with van der Waals surface area (Å²) in [7, 11) is 5.01. The predicted molar refractivity (Wildman–Crippen MR) is 171 cm³/mol. The van der Waals surface area contributed by atoms with Crippen molar-refractivity contribution in [3.63, 3.8) is 0 Å². The van der Waals surface area contributed by atoms with Crippen molar-refractivity contribution in [2.75, 3.05) is 49.1 Å². The molecule has 0 bridgehead atoms. The van der Waals surface area contributed by atoms with Crippen LogP contribution in [0.1, 0.15) is 21.5 Å². The summed E-state index contributed by atoms with van der Waals surface area (Å²) >= 11 is 0. The van der Waals surface area contributed by atoms with Crippen LogP contribution < -0.4 is 29.6 Å². The van der Waals surface area contributed by atoms with E-state index >= 15 is 0 Å². The number of nitrogens with zero attached hydrogens (tertiary/aromatic N) is 2. The number of aromatic nitrogens is 1. The van der Waals surface area contributed by atoms with Gasteiger partial charge >= 0.3 is 10.2 Å². The fourth-order valence-electron chi connectivity index (χ4n) is 4.59. The number of ether oxygens (including phenoxy) is 4. The number of nitrogens with one attached hydrogen (secondary N) is 2. The fraction of sp³-hybridized carbons (Fsp3) is 0.250. The third kappa shape index (κ3) is 7.21. The molecule has 0 saturated carbocycles. The molecule has 238 valence electrons. The predicted octanol–water partition coefficient (Wildman–Crippen LogP) is 3.46.